The predicted octanol–water partition coefficient (Wildman–Crippen LogP) is 4.80. The molecule has 0 aliphatic carbocycles. The Morgan fingerprint density at radius 2 is 1.14 bits per heavy atom. The molecule has 0 atom stereocenters. The van der Waals surface area contributed by atoms with E-state index < -0.39 is 0 Å². The van der Waals surface area contributed by atoms with Crippen LogP contribution in [-0.2, 0) is 5.41 Å². The summed E-state index contributed by atoms with van der Waals surface area (Å²) in [4.78, 5) is 4.25. The van der Waals surface area contributed by atoms with Gasteiger partial charge in [-0.3, -0.25) is 0 Å². The van der Waals surface area contributed by atoms with Gasteiger partial charge in [0.15, 0.2) is 0 Å². The van der Waals surface area contributed by atoms with Crippen LogP contribution in [0.3, 0.4) is 0 Å². The van der Waals surface area contributed by atoms with Crippen molar-refractivity contribution >= 4 is 11.4 Å². The van der Waals surface area contributed by atoms with Gasteiger partial charge in [-0.05, 0) is 29.2 Å². The highest BCUT2D eigenvalue weighted by Gasteiger charge is 2.17. The lowest BCUT2D eigenvalue weighted by Crippen LogP contribution is -2.18. The molecule has 0 aliphatic rings. The summed E-state index contributed by atoms with van der Waals surface area (Å²) >= 11 is 0. The van der Waals surface area contributed by atoms with Crippen LogP contribution in [0.5, 0.6) is 0 Å². The van der Waals surface area contributed by atoms with Gasteiger partial charge in [-0.2, -0.15) is 0 Å². The minimum absolute atomic E-state index is 0.223. The maximum Gasteiger partial charge on any atom is 0.0398 e. The van der Waals surface area contributed by atoms with E-state index in [1.54, 1.807) is 0 Å². The van der Waals surface area contributed by atoms with Gasteiger partial charge in [-0.15, -0.1) is 0 Å². The molecular formula is C20H30N2. The normalized spacial score (nSPS) is 10.5. The van der Waals surface area contributed by atoms with Gasteiger partial charge in [0.2, 0.25) is 0 Å². The second-order valence-corrected chi connectivity index (χ2v) is 6.89. The fraction of sp³-hybridized carbons (Fsp3) is 0.400. The SMILES string of the molecule is CN(C)c1ccccc1.CN(C)c1ccccc1C(C)(C)C. The minimum Gasteiger partial charge on any atom is -0.378 e. The summed E-state index contributed by atoms with van der Waals surface area (Å²) in [5, 5.41) is 0. The molecule has 0 saturated carbocycles. The topological polar surface area (TPSA) is 6.48 Å². The van der Waals surface area contributed by atoms with E-state index in [1.165, 1.54) is 16.9 Å². The Kier molecular flexibility index (Phi) is 6.48. The highest BCUT2D eigenvalue weighted by atomic mass is 15.1. The molecule has 0 radical (unpaired) electrons. The molecule has 0 spiro atoms. The Bertz CT molecular complexity index is 551. The predicted molar refractivity (Wildman–Crippen MR) is 100 cm³/mol. The highest BCUT2D eigenvalue weighted by Crippen LogP contribution is 2.30. The molecule has 2 aromatic rings. The van der Waals surface area contributed by atoms with Gasteiger partial charge < -0.3 is 9.80 Å². The molecular weight excluding hydrogens is 268 g/mol. The largest absolute Gasteiger partial charge is 0.378 e. The quantitative estimate of drug-likeness (QED) is 0.785. The van der Waals surface area contributed by atoms with Gasteiger partial charge in [-0.1, -0.05) is 57.2 Å². The third kappa shape index (κ3) is 5.44. The van der Waals surface area contributed by atoms with Crippen molar-refractivity contribution in [1.29, 1.82) is 0 Å². The number of hydrogen-bond donors (Lipinski definition) is 0. The van der Waals surface area contributed by atoms with Crippen molar-refractivity contribution in [1.82, 2.24) is 0 Å². The molecule has 0 saturated heterocycles. The molecule has 0 bridgehead atoms. The smallest absolute Gasteiger partial charge is 0.0398 e. The highest BCUT2D eigenvalue weighted by molar-refractivity contribution is 5.55. The van der Waals surface area contributed by atoms with Gasteiger partial charge >= 0.3 is 0 Å². The van der Waals surface area contributed by atoms with Crippen molar-refractivity contribution in [3.8, 4) is 0 Å². The van der Waals surface area contributed by atoms with Crippen LogP contribution < -0.4 is 9.80 Å². The number of para-hydroxylation sites is 2. The zero-order valence-electron chi connectivity index (χ0n) is 15.1. The first-order chi connectivity index (χ1) is 10.2. The second kappa shape index (κ2) is 7.88. The van der Waals surface area contributed by atoms with Crippen LogP contribution >= 0.6 is 0 Å². The first-order valence-corrected chi connectivity index (χ1v) is 7.72. The van der Waals surface area contributed by atoms with Crippen LogP contribution in [0.2, 0.25) is 0 Å². The lowest BCUT2D eigenvalue weighted by molar-refractivity contribution is 0.590. The first kappa shape index (κ1) is 18.1. The molecule has 2 rings (SSSR count). The molecule has 0 fully saturated rings. The molecule has 0 aromatic heterocycles. The van der Waals surface area contributed by atoms with Gasteiger partial charge in [0.25, 0.3) is 0 Å². The second-order valence-electron chi connectivity index (χ2n) is 6.89. The summed E-state index contributed by atoms with van der Waals surface area (Å²) in [7, 11) is 8.25. The average Bonchev–Trinajstić information content (AvgIpc) is 2.48. The fourth-order valence-electron chi connectivity index (χ4n) is 2.22. The molecule has 22 heavy (non-hydrogen) atoms. The van der Waals surface area contributed by atoms with Crippen LogP contribution in [0.4, 0.5) is 11.4 Å². The van der Waals surface area contributed by atoms with Crippen molar-refractivity contribution in [3.05, 3.63) is 60.2 Å². The number of nitrogens with zero attached hydrogens (tertiary/aromatic N) is 2. The molecule has 0 heterocycles. The number of rotatable bonds is 2. The molecule has 2 heteroatoms. The molecule has 2 nitrogen and oxygen atoms in total. The summed E-state index contributed by atoms with van der Waals surface area (Å²) < 4.78 is 0. The zero-order chi connectivity index (χ0) is 16.8. The van der Waals surface area contributed by atoms with E-state index in [-0.39, 0.29) is 5.41 Å². The summed E-state index contributed by atoms with van der Waals surface area (Å²) in [6.45, 7) is 6.74. The Labute approximate surface area is 136 Å². The first-order valence-electron chi connectivity index (χ1n) is 7.72. The summed E-state index contributed by atoms with van der Waals surface area (Å²) in [5.74, 6) is 0. The van der Waals surface area contributed by atoms with E-state index in [1.807, 2.05) is 32.3 Å². The van der Waals surface area contributed by atoms with Gasteiger partial charge in [0, 0.05) is 39.6 Å². The molecule has 0 amide bonds. The van der Waals surface area contributed by atoms with E-state index in [0.29, 0.717) is 0 Å². The van der Waals surface area contributed by atoms with Crippen molar-refractivity contribution in [2.24, 2.45) is 0 Å². The third-order valence-electron chi connectivity index (χ3n) is 3.47. The Hall–Kier alpha value is -1.96. The van der Waals surface area contributed by atoms with Gasteiger partial charge in [-0.25, -0.2) is 0 Å². The summed E-state index contributed by atoms with van der Waals surface area (Å²) in [6.07, 6.45) is 0. The average molecular weight is 298 g/mol. The van der Waals surface area contributed by atoms with Crippen molar-refractivity contribution < 1.29 is 0 Å². The van der Waals surface area contributed by atoms with Crippen LogP contribution in [0.25, 0.3) is 0 Å². The lowest BCUT2D eigenvalue weighted by atomic mass is 9.85. The van der Waals surface area contributed by atoms with Crippen molar-refractivity contribution in [2.45, 2.75) is 26.2 Å². The fourth-order valence-corrected chi connectivity index (χ4v) is 2.22. The van der Waals surface area contributed by atoms with Crippen LogP contribution in [0.15, 0.2) is 54.6 Å². The summed E-state index contributed by atoms with van der Waals surface area (Å²) in [5.41, 5.74) is 4.19. The lowest BCUT2D eigenvalue weighted by Gasteiger charge is -2.26. The van der Waals surface area contributed by atoms with Gasteiger partial charge in [0.05, 0.1) is 0 Å². The molecule has 0 unspecified atom stereocenters. The Balaban J connectivity index is 0.000000235. The van der Waals surface area contributed by atoms with Crippen LogP contribution in [0.1, 0.15) is 26.3 Å². The molecule has 0 N–H and O–H groups in total. The molecule has 2 aromatic carbocycles. The third-order valence-corrected chi connectivity index (χ3v) is 3.47. The van der Waals surface area contributed by atoms with Gasteiger partial charge in [0.1, 0.15) is 0 Å². The number of anilines is 2. The maximum absolute atomic E-state index is 2.25. The molecule has 120 valence electrons. The Morgan fingerprint density at radius 1 is 0.636 bits per heavy atom. The van der Waals surface area contributed by atoms with E-state index in [4.69, 9.17) is 0 Å². The number of benzene rings is 2. The van der Waals surface area contributed by atoms with E-state index in [2.05, 4.69) is 81.1 Å². The maximum atomic E-state index is 2.25. The Morgan fingerprint density at radius 3 is 1.50 bits per heavy atom. The van der Waals surface area contributed by atoms with Crippen molar-refractivity contribution in [3.63, 3.8) is 0 Å². The monoisotopic (exact) mass is 298 g/mol. The molecule has 0 aliphatic heterocycles. The van der Waals surface area contributed by atoms with E-state index in [0.717, 1.165) is 0 Å². The van der Waals surface area contributed by atoms with Crippen LogP contribution in [-0.4, -0.2) is 28.2 Å². The zero-order valence-corrected chi connectivity index (χ0v) is 15.1. The van der Waals surface area contributed by atoms with E-state index in [9.17, 15) is 0 Å². The number of hydrogen-bond acceptors (Lipinski definition) is 2. The van der Waals surface area contributed by atoms with E-state index >= 15 is 0 Å². The standard InChI is InChI=1S/C12H19N.C8H11N/c1-12(2,3)10-8-6-7-9-11(10)13(4)5;1-9(2)8-6-4-3-5-7-8/h6-9H,1-5H3;3-7H,1-2H3. The van der Waals surface area contributed by atoms with Crippen molar-refractivity contribution in [2.75, 3.05) is 38.0 Å². The summed E-state index contributed by atoms with van der Waals surface area (Å²) in [6, 6.07) is 18.8. The minimum atomic E-state index is 0.223. The van der Waals surface area contributed by atoms with Crippen LogP contribution in [0, 0.1) is 0 Å².